The molecule has 3 rings (SSSR count). The van der Waals surface area contributed by atoms with Crippen molar-refractivity contribution in [1.82, 2.24) is 20.3 Å². The van der Waals surface area contributed by atoms with Crippen LogP contribution in [0.25, 0.3) is 0 Å². The Balaban J connectivity index is 1.54. The van der Waals surface area contributed by atoms with Crippen LogP contribution in [0.15, 0.2) is 30.6 Å². The Morgan fingerprint density at radius 1 is 1.22 bits per heavy atom. The third-order valence-corrected chi connectivity index (χ3v) is 4.12. The lowest BCUT2D eigenvalue weighted by molar-refractivity contribution is 0.0398. The fourth-order valence-corrected chi connectivity index (χ4v) is 2.62. The molecule has 0 atom stereocenters. The summed E-state index contributed by atoms with van der Waals surface area (Å²) in [4.78, 5) is 22.5. The van der Waals surface area contributed by atoms with Crippen LogP contribution >= 0.6 is 0 Å². The van der Waals surface area contributed by atoms with Gasteiger partial charge in [0.2, 0.25) is 0 Å². The second-order valence-electron chi connectivity index (χ2n) is 5.92. The Bertz CT molecular complexity index is 784. The molecule has 9 nitrogen and oxygen atoms in total. The molecule has 1 saturated heterocycles. The van der Waals surface area contributed by atoms with Crippen LogP contribution in [-0.4, -0.2) is 60.2 Å². The number of amides is 1. The van der Waals surface area contributed by atoms with Crippen LogP contribution in [0.4, 0.5) is 21.7 Å². The lowest BCUT2D eigenvalue weighted by Crippen LogP contribution is -2.39. The summed E-state index contributed by atoms with van der Waals surface area (Å²) >= 11 is 0. The third-order valence-electron chi connectivity index (χ3n) is 4.12. The lowest BCUT2D eigenvalue weighted by atomic mass is 10.2. The molecular formula is C17H22FN7O2. The quantitative estimate of drug-likeness (QED) is 0.523. The number of halogens is 1. The van der Waals surface area contributed by atoms with Crippen LogP contribution in [0.2, 0.25) is 0 Å². The molecular weight excluding hydrogens is 353 g/mol. The normalized spacial score (nSPS) is 14.6. The molecule has 0 aliphatic carbocycles. The molecule has 0 spiro atoms. The first-order chi connectivity index (χ1) is 13.1. The van der Waals surface area contributed by atoms with Crippen molar-refractivity contribution in [3.63, 3.8) is 0 Å². The second kappa shape index (κ2) is 9.10. The highest BCUT2D eigenvalue weighted by molar-refractivity contribution is 5.95. The number of anilines is 3. The van der Waals surface area contributed by atoms with Gasteiger partial charge in [0.25, 0.3) is 5.91 Å². The van der Waals surface area contributed by atoms with Gasteiger partial charge in [0.05, 0.1) is 18.8 Å². The summed E-state index contributed by atoms with van der Waals surface area (Å²) in [6, 6.07) is 5.68. The highest BCUT2D eigenvalue weighted by Gasteiger charge is 2.13. The smallest absolute Gasteiger partial charge is 0.272 e. The van der Waals surface area contributed by atoms with Gasteiger partial charge in [-0.15, -0.1) is 0 Å². The van der Waals surface area contributed by atoms with Gasteiger partial charge < -0.3 is 15.8 Å². The molecule has 1 amide bonds. The minimum absolute atomic E-state index is 0.0820. The van der Waals surface area contributed by atoms with E-state index in [4.69, 9.17) is 10.5 Å². The van der Waals surface area contributed by atoms with Gasteiger partial charge in [-0.05, 0) is 12.1 Å². The van der Waals surface area contributed by atoms with E-state index >= 15 is 0 Å². The molecule has 27 heavy (non-hydrogen) atoms. The first kappa shape index (κ1) is 18.8. The number of aromatic nitrogens is 2. The molecule has 2 aromatic rings. The number of nitrogens with two attached hydrogens (primary N) is 1. The number of nitrogens with one attached hydrogen (secondary N) is 3. The average molecular weight is 375 g/mol. The number of hydrogen-bond donors (Lipinski definition) is 4. The summed E-state index contributed by atoms with van der Waals surface area (Å²) in [6.07, 6.45) is 1.32. The standard InChI is InChI=1S/C17H22FN7O2/c18-13-4-2-1-3-12(13)17(26)24-23-16-14(19)15(21-11-22-16)20-5-6-25-7-9-27-10-8-25/h1-4,11H,5-10,19H2,(H,24,26)(H2,20,21,22,23). The molecule has 0 radical (unpaired) electrons. The van der Waals surface area contributed by atoms with E-state index in [-0.39, 0.29) is 17.1 Å². The monoisotopic (exact) mass is 375 g/mol. The van der Waals surface area contributed by atoms with Crippen LogP contribution in [0.3, 0.4) is 0 Å². The first-order valence-electron chi connectivity index (χ1n) is 8.60. The molecule has 1 fully saturated rings. The van der Waals surface area contributed by atoms with E-state index in [1.54, 1.807) is 6.07 Å². The maximum Gasteiger partial charge on any atom is 0.272 e. The topological polar surface area (TPSA) is 117 Å². The molecule has 1 aromatic heterocycles. The number of morpholine rings is 1. The van der Waals surface area contributed by atoms with Gasteiger partial charge in [0.1, 0.15) is 17.8 Å². The van der Waals surface area contributed by atoms with Crippen molar-refractivity contribution >= 4 is 23.2 Å². The maximum atomic E-state index is 13.6. The number of rotatable bonds is 7. The zero-order valence-electron chi connectivity index (χ0n) is 14.7. The molecule has 0 unspecified atom stereocenters. The van der Waals surface area contributed by atoms with Gasteiger partial charge >= 0.3 is 0 Å². The molecule has 0 saturated carbocycles. The molecule has 10 heteroatoms. The molecule has 2 heterocycles. The zero-order chi connectivity index (χ0) is 19.1. The van der Waals surface area contributed by atoms with Crippen LogP contribution in [-0.2, 0) is 4.74 Å². The van der Waals surface area contributed by atoms with Crippen molar-refractivity contribution in [3.05, 3.63) is 42.0 Å². The highest BCUT2D eigenvalue weighted by Crippen LogP contribution is 2.21. The summed E-state index contributed by atoms with van der Waals surface area (Å²) in [5.41, 5.74) is 11.2. The van der Waals surface area contributed by atoms with Crippen LogP contribution in [0.1, 0.15) is 10.4 Å². The molecule has 5 N–H and O–H groups in total. The summed E-state index contributed by atoms with van der Waals surface area (Å²) in [5, 5.41) is 3.16. The predicted octanol–water partition coefficient (Wildman–Crippen LogP) is 0.699. The zero-order valence-corrected chi connectivity index (χ0v) is 14.7. The van der Waals surface area contributed by atoms with E-state index < -0.39 is 11.7 Å². The third kappa shape index (κ3) is 5.02. The molecule has 144 valence electrons. The molecule has 1 aromatic carbocycles. The summed E-state index contributed by atoms with van der Waals surface area (Å²) in [6.45, 7) is 4.77. The summed E-state index contributed by atoms with van der Waals surface area (Å²) in [5.74, 6) is -0.560. The van der Waals surface area contributed by atoms with Gasteiger partial charge in [0, 0.05) is 26.2 Å². The Hall–Kier alpha value is -2.98. The largest absolute Gasteiger partial charge is 0.393 e. The molecule has 1 aliphatic rings. The minimum atomic E-state index is -0.632. The minimum Gasteiger partial charge on any atom is -0.393 e. The van der Waals surface area contributed by atoms with Gasteiger partial charge in [-0.3, -0.25) is 20.5 Å². The Morgan fingerprint density at radius 3 is 2.74 bits per heavy atom. The predicted molar refractivity (Wildman–Crippen MR) is 99.7 cm³/mol. The molecule has 0 bridgehead atoms. The van der Waals surface area contributed by atoms with E-state index in [0.29, 0.717) is 12.4 Å². The van der Waals surface area contributed by atoms with Gasteiger partial charge in [-0.25, -0.2) is 14.4 Å². The Labute approximate surface area is 156 Å². The van der Waals surface area contributed by atoms with Crippen molar-refractivity contribution in [2.24, 2.45) is 0 Å². The van der Waals surface area contributed by atoms with Crippen molar-refractivity contribution in [3.8, 4) is 0 Å². The number of nitrogen functional groups attached to an aromatic ring is 1. The fraction of sp³-hybridized carbons (Fsp3) is 0.353. The Morgan fingerprint density at radius 2 is 1.96 bits per heavy atom. The van der Waals surface area contributed by atoms with Crippen molar-refractivity contribution in [1.29, 1.82) is 0 Å². The second-order valence-corrected chi connectivity index (χ2v) is 5.92. The number of nitrogens with zero attached hydrogens (tertiary/aromatic N) is 3. The van der Waals surface area contributed by atoms with Gasteiger partial charge in [-0.1, -0.05) is 12.1 Å². The number of carbonyl (C=O) groups excluding carboxylic acids is 1. The van der Waals surface area contributed by atoms with Gasteiger partial charge in [0.15, 0.2) is 11.6 Å². The SMILES string of the molecule is Nc1c(NCCN2CCOCC2)ncnc1NNC(=O)c1ccccc1F. The van der Waals surface area contributed by atoms with Crippen LogP contribution < -0.4 is 21.9 Å². The number of benzene rings is 1. The number of hydrogen-bond acceptors (Lipinski definition) is 8. The fourth-order valence-electron chi connectivity index (χ4n) is 2.62. The first-order valence-corrected chi connectivity index (χ1v) is 8.60. The van der Waals surface area contributed by atoms with Crippen molar-refractivity contribution in [2.45, 2.75) is 0 Å². The number of ether oxygens (including phenoxy) is 1. The highest BCUT2D eigenvalue weighted by atomic mass is 19.1. The Kier molecular flexibility index (Phi) is 6.34. The summed E-state index contributed by atoms with van der Waals surface area (Å²) in [7, 11) is 0. The van der Waals surface area contributed by atoms with Crippen LogP contribution in [0.5, 0.6) is 0 Å². The lowest BCUT2D eigenvalue weighted by Gasteiger charge is -2.26. The van der Waals surface area contributed by atoms with Crippen LogP contribution in [0, 0.1) is 5.82 Å². The van der Waals surface area contributed by atoms with E-state index in [9.17, 15) is 9.18 Å². The van der Waals surface area contributed by atoms with E-state index in [1.165, 1.54) is 24.5 Å². The maximum absolute atomic E-state index is 13.6. The van der Waals surface area contributed by atoms with E-state index in [2.05, 4.69) is 31.0 Å². The van der Waals surface area contributed by atoms with Crippen molar-refractivity contribution < 1.29 is 13.9 Å². The van der Waals surface area contributed by atoms with E-state index in [0.717, 1.165) is 32.8 Å². The van der Waals surface area contributed by atoms with E-state index in [1.807, 2.05) is 0 Å². The summed E-state index contributed by atoms with van der Waals surface area (Å²) < 4.78 is 19.0. The average Bonchev–Trinajstić information content (AvgIpc) is 2.69. The molecule has 1 aliphatic heterocycles. The number of carbonyl (C=O) groups is 1. The van der Waals surface area contributed by atoms with Gasteiger partial charge in [-0.2, -0.15) is 0 Å². The number of hydrazine groups is 1. The van der Waals surface area contributed by atoms with Crippen molar-refractivity contribution in [2.75, 3.05) is 55.9 Å².